The van der Waals surface area contributed by atoms with E-state index in [1.807, 2.05) is 12.1 Å². The maximum absolute atomic E-state index is 12.9. The number of rotatable bonds is 7. The van der Waals surface area contributed by atoms with Crippen molar-refractivity contribution in [2.45, 2.75) is 38.1 Å². The largest absolute Gasteiger partial charge is 0.493 e. The van der Waals surface area contributed by atoms with Gasteiger partial charge in [0.1, 0.15) is 0 Å². The first-order valence-electron chi connectivity index (χ1n) is 9.37. The van der Waals surface area contributed by atoms with Crippen LogP contribution in [0.4, 0.5) is 0 Å². The molecule has 2 aliphatic rings. The number of nitrogens with zero attached hydrogens (tertiary/aromatic N) is 1. The van der Waals surface area contributed by atoms with Crippen molar-refractivity contribution in [1.29, 1.82) is 0 Å². The van der Waals surface area contributed by atoms with Gasteiger partial charge in [-0.15, -0.1) is 0 Å². The van der Waals surface area contributed by atoms with Crippen molar-refractivity contribution in [3.8, 4) is 11.5 Å². The highest BCUT2D eigenvalue weighted by Gasteiger charge is 2.33. The second-order valence-corrected chi connectivity index (χ2v) is 7.13. The minimum atomic E-state index is -0.926. The molecular weight excluding hydrogens is 350 g/mol. The predicted octanol–water partition coefficient (Wildman–Crippen LogP) is 2.42. The number of carboxylic acids is 1. The summed E-state index contributed by atoms with van der Waals surface area (Å²) in [6.45, 7) is 1.99. The highest BCUT2D eigenvalue weighted by molar-refractivity contribution is 5.78. The van der Waals surface area contributed by atoms with E-state index in [-0.39, 0.29) is 12.3 Å². The average Bonchev–Trinajstić information content (AvgIpc) is 3.18. The van der Waals surface area contributed by atoms with Crippen LogP contribution in [-0.4, -0.2) is 55.9 Å². The van der Waals surface area contributed by atoms with Crippen molar-refractivity contribution >= 4 is 11.9 Å². The second-order valence-electron chi connectivity index (χ2n) is 7.13. The van der Waals surface area contributed by atoms with Crippen LogP contribution in [-0.2, 0) is 20.7 Å². The van der Waals surface area contributed by atoms with Crippen LogP contribution in [0.2, 0.25) is 0 Å². The topological polar surface area (TPSA) is 85.3 Å². The summed E-state index contributed by atoms with van der Waals surface area (Å²) in [5.41, 5.74) is 1.84. The monoisotopic (exact) mass is 377 g/mol. The highest BCUT2D eigenvalue weighted by atomic mass is 16.5. The van der Waals surface area contributed by atoms with E-state index in [4.69, 9.17) is 14.2 Å². The molecule has 1 fully saturated rings. The van der Waals surface area contributed by atoms with E-state index in [2.05, 4.69) is 0 Å². The molecule has 0 saturated carbocycles. The fourth-order valence-electron chi connectivity index (χ4n) is 3.99. The number of amides is 1. The number of carbonyl (C=O) groups excluding carboxylic acids is 1. The van der Waals surface area contributed by atoms with E-state index in [9.17, 15) is 14.7 Å². The third-order valence-electron chi connectivity index (χ3n) is 5.48. The Bertz CT molecular complexity index is 698. The lowest BCUT2D eigenvalue weighted by atomic mass is 9.89. The molecule has 0 radical (unpaired) electrons. The SMILES string of the molecule is COc1cc2c(cc1OC)C(CC(=O)O)N(C(=O)CCC1CCOC1)CC2. The molecule has 7 heteroatoms. The van der Waals surface area contributed by atoms with Crippen molar-refractivity contribution in [2.75, 3.05) is 34.0 Å². The Morgan fingerprint density at radius 2 is 2.00 bits per heavy atom. The Morgan fingerprint density at radius 1 is 1.26 bits per heavy atom. The van der Waals surface area contributed by atoms with E-state index in [1.54, 1.807) is 19.1 Å². The molecule has 2 aliphatic heterocycles. The van der Waals surface area contributed by atoms with Gasteiger partial charge in [0.25, 0.3) is 0 Å². The summed E-state index contributed by atoms with van der Waals surface area (Å²) < 4.78 is 16.1. The minimum Gasteiger partial charge on any atom is -0.493 e. The Labute approximate surface area is 159 Å². The Hall–Kier alpha value is -2.28. The Kier molecular flexibility index (Phi) is 6.21. The molecule has 2 heterocycles. The molecule has 0 spiro atoms. The molecular formula is C20H27NO6. The summed E-state index contributed by atoms with van der Waals surface area (Å²) in [6, 6.07) is 3.21. The van der Waals surface area contributed by atoms with Gasteiger partial charge in [0.05, 0.1) is 26.7 Å². The Balaban J connectivity index is 1.82. The molecule has 148 valence electrons. The first-order valence-corrected chi connectivity index (χ1v) is 9.37. The third kappa shape index (κ3) is 4.35. The van der Waals surface area contributed by atoms with Crippen LogP contribution in [0.3, 0.4) is 0 Å². The van der Waals surface area contributed by atoms with Crippen molar-refractivity contribution < 1.29 is 28.9 Å². The summed E-state index contributed by atoms with van der Waals surface area (Å²) in [7, 11) is 3.12. The van der Waals surface area contributed by atoms with Gasteiger partial charge >= 0.3 is 5.97 Å². The number of hydrogen-bond acceptors (Lipinski definition) is 5. The fraction of sp³-hybridized carbons (Fsp3) is 0.600. The molecule has 1 aromatic rings. The van der Waals surface area contributed by atoms with Gasteiger partial charge in [0.2, 0.25) is 5.91 Å². The quantitative estimate of drug-likeness (QED) is 0.785. The van der Waals surface area contributed by atoms with Crippen molar-refractivity contribution in [3.05, 3.63) is 23.3 Å². The lowest BCUT2D eigenvalue weighted by Crippen LogP contribution is -2.41. The van der Waals surface area contributed by atoms with Gasteiger partial charge in [-0.25, -0.2) is 0 Å². The first kappa shape index (κ1) is 19.5. The number of carbonyl (C=O) groups is 2. The van der Waals surface area contributed by atoms with Crippen LogP contribution in [0.25, 0.3) is 0 Å². The van der Waals surface area contributed by atoms with Crippen LogP contribution in [0.15, 0.2) is 12.1 Å². The average molecular weight is 377 g/mol. The third-order valence-corrected chi connectivity index (χ3v) is 5.48. The standard InChI is InChI=1S/C20H27NO6/c1-25-17-9-14-5-7-21(19(22)4-3-13-6-8-27-12-13)16(11-20(23)24)15(14)10-18(17)26-2/h9-10,13,16H,3-8,11-12H2,1-2H3,(H,23,24). The van der Waals surface area contributed by atoms with Gasteiger partial charge in [-0.1, -0.05) is 0 Å². The van der Waals surface area contributed by atoms with Gasteiger partial charge in [0.15, 0.2) is 11.5 Å². The van der Waals surface area contributed by atoms with E-state index >= 15 is 0 Å². The van der Waals surface area contributed by atoms with Gasteiger partial charge in [-0.05, 0) is 48.4 Å². The van der Waals surface area contributed by atoms with Crippen molar-refractivity contribution in [3.63, 3.8) is 0 Å². The van der Waals surface area contributed by atoms with Crippen molar-refractivity contribution in [2.24, 2.45) is 5.92 Å². The first-order chi connectivity index (χ1) is 13.0. The molecule has 3 rings (SSSR count). The zero-order chi connectivity index (χ0) is 19.4. The molecule has 7 nitrogen and oxygen atoms in total. The van der Waals surface area contributed by atoms with Crippen LogP contribution < -0.4 is 9.47 Å². The number of benzene rings is 1. The number of carboxylic acid groups (broad SMARTS) is 1. The van der Waals surface area contributed by atoms with Gasteiger partial charge in [-0.3, -0.25) is 9.59 Å². The molecule has 0 aliphatic carbocycles. The van der Waals surface area contributed by atoms with Crippen LogP contribution >= 0.6 is 0 Å². The molecule has 1 saturated heterocycles. The molecule has 0 bridgehead atoms. The van der Waals surface area contributed by atoms with Gasteiger partial charge in [-0.2, -0.15) is 0 Å². The number of hydrogen-bond donors (Lipinski definition) is 1. The predicted molar refractivity (Wildman–Crippen MR) is 98.1 cm³/mol. The highest BCUT2D eigenvalue weighted by Crippen LogP contribution is 2.39. The normalized spacial score (nSPS) is 21.6. The minimum absolute atomic E-state index is 0.00795. The number of fused-ring (bicyclic) bond motifs is 1. The lowest BCUT2D eigenvalue weighted by Gasteiger charge is -2.37. The zero-order valence-corrected chi connectivity index (χ0v) is 15.9. The number of methoxy groups -OCH3 is 2. The van der Waals surface area contributed by atoms with Crippen LogP contribution in [0, 0.1) is 5.92 Å². The molecule has 2 atom stereocenters. The van der Waals surface area contributed by atoms with Crippen LogP contribution in [0.1, 0.15) is 42.9 Å². The van der Waals surface area contributed by atoms with Gasteiger partial charge in [0, 0.05) is 26.2 Å². The zero-order valence-electron chi connectivity index (χ0n) is 15.9. The fourth-order valence-corrected chi connectivity index (χ4v) is 3.99. The smallest absolute Gasteiger partial charge is 0.305 e. The van der Waals surface area contributed by atoms with E-state index < -0.39 is 12.0 Å². The molecule has 2 unspecified atom stereocenters. The van der Waals surface area contributed by atoms with E-state index in [0.29, 0.717) is 43.4 Å². The lowest BCUT2D eigenvalue weighted by molar-refractivity contribution is -0.141. The van der Waals surface area contributed by atoms with E-state index in [1.165, 1.54) is 0 Å². The molecule has 0 aromatic heterocycles. The van der Waals surface area contributed by atoms with Crippen molar-refractivity contribution in [1.82, 2.24) is 4.90 Å². The molecule has 1 N–H and O–H groups in total. The summed E-state index contributed by atoms with van der Waals surface area (Å²) in [6.07, 6.45) is 2.75. The number of aliphatic carboxylic acids is 1. The maximum Gasteiger partial charge on any atom is 0.305 e. The summed E-state index contributed by atoms with van der Waals surface area (Å²) in [4.78, 5) is 26.1. The number of ether oxygens (including phenoxy) is 3. The summed E-state index contributed by atoms with van der Waals surface area (Å²) in [5.74, 6) is 0.668. The molecule has 1 aromatic carbocycles. The summed E-state index contributed by atoms with van der Waals surface area (Å²) in [5, 5.41) is 9.41. The van der Waals surface area contributed by atoms with E-state index in [0.717, 1.165) is 30.6 Å². The maximum atomic E-state index is 12.9. The summed E-state index contributed by atoms with van der Waals surface area (Å²) >= 11 is 0. The van der Waals surface area contributed by atoms with Gasteiger partial charge < -0.3 is 24.2 Å². The van der Waals surface area contributed by atoms with Crippen LogP contribution in [0.5, 0.6) is 11.5 Å². The molecule has 1 amide bonds. The second kappa shape index (κ2) is 8.61. The molecule has 27 heavy (non-hydrogen) atoms. The Morgan fingerprint density at radius 3 is 2.63 bits per heavy atom.